The molecule has 0 unspecified atom stereocenters. The Bertz CT molecular complexity index is 1710. The van der Waals surface area contributed by atoms with Crippen molar-refractivity contribution in [2.75, 3.05) is 36.9 Å². The predicted octanol–water partition coefficient (Wildman–Crippen LogP) is 5.11. The van der Waals surface area contributed by atoms with Crippen LogP contribution in [0.5, 0.6) is 0 Å². The Balaban J connectivity index is 1.29. The van der Waals surface area contributed by atoms with Crippen molar-refractivity contribution in [3.8, 4) is 0 Å². The van der Waals surface area contributed by atoms with Crippen molar-refractivity contribution < 1.29 is 26.7 Å². The molecule has 0 atom stereocenters. The van der Waals surface area contributed by atoms with E-state index < -0.39 is 32.3 Å². The highest BCUT2D eigenvalue weighted by Gasteiger charge is 2.23. The van der Waals surface area contributed by atoms with Crippen LogP contribution in [-0.4, -0.2) is 61.8 Å². The molecule has 0 aliphatic carbocycles. The van der Waals surface area contributed by atoms with Gasteiger partial charge in [0.15, 0.2) is 5.82 Å². The number of hydrogen-bond donors (Lipinski definition) is 3. The SMILES string of the molecule is O=C(Nc1n[nH]c2ccc(S(=O)(=O)c3cc(F)cc(F)c3)cc12)c1ccc(CN2CCCC2)cc1NC1CCOCC1. The molecule has 0 spiro atoms. The van der Waals surface area contributed by atoms with Crippen LogP contribution >= 0.6 is 0 Å². The molecule has 6 rings (SSSR count). The van der Waals surface area contributed by atoms with E-state index >= 15 is 0 Å². The first-order valence-electron chi connectivity index (χ1n) is 14.0. The third-order valence-electron chi connectivity index (χ3n) is 7.74. The van der Waals surface area contributed by atoms with Gasteiger partial charge in [0.05, 0.1) is 20.9 Å². The van der Waals surface area contributed by atoms with E-state index in [9.17, 15) is 22.0 Å². The van der Waals surface area contributed by atoms with Crippen LogP contribution in [0.1, 0.15) is 41.6 Å². The summed E-state index contributed by atoms with van der Waals surface area (Å²) < 4.78 is 59.4. The molecule has 2 aliphatic heterocycles. The van der Waals surface area contributed by atoms with E-state index in [0.717, 1.165) is 50.2 Å². The minimum Gasteiger partial charge on any atom is -0.381 e. The average Bonchev–Trinajstić information content (AvgIpc) is 3.63. The van der Waals surface area contributed by atoms with Gasteiger partial charge in [0.2, 0.25) is 9.84 Å². The molecule has 1 aromatic heterocycles. The maximum Gasteiger partial charge on any atom is 0.258 e. The number of anilines is 2. The number of carbonyl (C=O) groups excluding carboxylic acids is 1. The molecular formula is C30H31F2N5O4S. The fraction of sp³-hybridized carbons (Fsp3) is 0.333. The number of likely N-dealkylation sites (tertiary alicyclic amines) is 1. The molecule has 2 saturated heterocycles. The molecule has 1 amide bonds. The van der Waals surface area contributed by atoms with E-state index in [1.807, 2.05) is 12.1 Å². The van der Waals surface area contributed by atoms with Crippen molar-refractivity contribution >= 4 is 38.2 Å². The summed E-state index contributed by atoms with van der Waals surface area (Å²) in [6, 6.07) is 12.2. The van der Waals surface area contributed by atoms with Gasteiger partial charge in [-0.25, -0.2) is 17.2 Å². The number of H-pyrrole nitrogens is 1. The fourth-order valence-corrected chi connectivity index (χ4v) is 6.85. The smallest absolute Gasteiger partial charge is 0.258 e. The summed E-state index contributed by atoms with van der Waals surface area (Å²) >= 11 is 0. The number of amides is 1. The molecule has 3 N–H and O–H groups in total. The lowest BCUT2D eigenvalue weighted by Crippen LogP contribution is -2.29. The second kappa shape index (κ2) is 11.8. The number of ether oxygens (including phenoxy) is 1. The molecular weight excluding hydrogens is 564 g/mol. The normalized spacial score (nSPS) is 16.6. The third kappa shape index (κ3) is 6.01. The number of halogens is 2. The summed E-state index contributed by atoms with van der Waals surface area (Å²) in [7, 11) is -4.25. The van der Waals surface area contributed by atoms with Gasteiger partial charge in [-0.1, -0.05) is 6.07 Å². The van der Waals surface area contributed by atoms with E-state index in [4.69, 9.17) is 4.74 Å². The van der Waals surface area contributed by atoms with Crippen molar-refractivity contribution in [3.63, 3.8) is 0 Å². The molecule has 220 valence electrons. The summed E-state index contributed by atoms with van der Waals surface area (Å²) in [4.78, 5) is 15.3. The lowest BCUT2D eigenvalue weighted by atomic mass is 10.0. The zero-order valence-corrected chi connectivity index (χ0v) is 23.6. The summed E-state index contributed by atoms with van der Waals surface area (Å²) in [5.74, 6) is -2.27. The summed E-state index contributed by atoms with van der Waals surface area (Å²) in [6.07, 6.45) is 4.03. The second-order valence-electron chi connectivity index (χ2n) is 10.7. The molecule has 2 aliphatic rings. The first-order chi connectivity index (χ1) is 20.3. The van der Waals surface area contributed by atoms with E-state index in [1.54, 1.807) is 6.07 Å². The number of nitrogens with one attached hydrogen (secondary N) is 3. The van der Waals surface area contributed by atoms with Crippen molar-refractivity contribution in [1.29, 1.82) is 0 Å². The van der Waals surface area contributed by atoms with Crippen molar-refractivity contribution in [2.45, 2.75) is 48.1 Å². The van der Waals surface area contributed by atoms with Crippen LogP contribution in [0, 0.1) is 11.6 Å². The Kier molecular flexibility index (Phi) is 7.93. The molecule has 12 heteroatoms. The van der Waals surface area contributed by atoms with Gasteiger partial charge < -0.3 is 15.4 Å². The van der Waals surface area contributed by atoms with Gasteiger partial charge in [-0.3, -0.25) is 14.8 Å². The number of benzene rings is 3. The van der Waals surface area contributed by atoms with Crippen LogP contribution in [0.2, 0.25) is 0 Å². The van der Waals surface area contributed by atoms with Gasteiger partial charge in [0.1, 0.15) is 11.6 Å². The second-order valence-corrected chi connectivity index (χ2v) is 12.7. The molecule has 3 aromatic carbocycles. The van der Waals surface area contributed by atoms with Crippen molar-refractivity contribution in [3.05, 3.63) is 77.4 Å². The molecule has 0 radical (unpaired) electrons. The monoisotopic (exact) mass is 595 g/mol. The predicted molar refractivity (Wildman–Crippen MR) is 154 cm³/mol. The van der Waals surface area contributed by atoms with Crippen LogP contribution < -0.4 is 10.6 Å². The van der Waals surface area contributed by atoms with Crippen molar-refractivity contribution in [1.82, 2.24) is 15.1 Å². The van der Waals surface area contributed by atoms with Gasteiger partial charge in [0.25, 0.3) is 5.91 Å². The Morgan fingerprint density at radius 3 is 2.45 bits per heavy atom. The first-order valence-corrected chi connectivity index (χ1v) is 15.4. The molecule has 2 fully saturated rings. The Morgan fingerprint density at radius 1 is 0.976 bits per heavy atom. The number of sulfone groups is 1. The third-order valence-corrected chi connectivity index (χ3v) is 9.47. The van der Waals surface area contributed by atoms with Crippen LogP contribution in [0.25, 0.3) is 10.9 Å². The maximum atomic E-state index is 13.8. The topological polar surface area (TPSA) is 116 Å². The largest absolute Gasteiger partial charge is 0.381 e. The van der Waals surface area contributed by atoms with E-state index in [2.05, 4.69) is 25.7 Å². The molecule has 0 saturated carbocycles. The quantitative estimate of drug-likeness (QED) is 0.259. The molecule has 9 nitrogen and oxygen atoms in total. The Labute approximate surface area is 242 Å². The molecule has 4 aromatic rings. The maximum absolute atomic E-state index is 13.8. The van der Waals surface area contributed by atoms with E-state index in [-0.39, 0.29) is 16.8 Å². The number of hydrogen-bond acceptors (Lipinski definition) is 7. The summed E-state index contributed by atoms with van der Waals surface area (Å²) in [5, 5.41) is 13.7. The van der Waals surface area contributed by atoms with Crippen LogP contribution in [0.3, 0.4) is 0 Å². The average molecular weight is 596 g/mol. The minimum absolute atomic E-state index is 0.135. The van der Waals surface area contributed by atoms with Gasteiger partial charge in [-0.05, 0) is 86.8 Å². The van der Waals surface area contributed by atoms with E-state index in [1.165, 1.54) is 31.0 Å². The molecule has 0 bridgehead atoms. The van der Waals surface area contributed by atoms with Gasteiger partial charge in [-0.15, -0.1) is 0 Å². The van der Waals surface area contributed by atoms with Gasteiger partial charge in [-0.2, -0.15) is 5.10 Å². The lowest BCUT2D eigenvalue weighted by Gasteiger charge is -2.26. The summed E-state index contributed by atoms with van der Waals surface area (Å²) in [5.41, 5.74) is 2.74. The lowest BCUT2D eigenvalue weighted by molar-refractivity contribution is 0.0904. The highest BCUT2D eigenvalue weighted by Crippen LogP contribution is 2.30. The number of aromatic nitrogens is 2. The Hall–Kier alpha value is -3.87. The van der Waals surface area contributed by atoms with Gasteiger partial charge in [0, 0.05) is 42.9 Å². The van der Waals surface area contributed by atoms with Crippen molar-refractivity contribution in [2.24, 2.45) is 0 Å². The standard InChI is InChI=1S/C30H31F2N5O4S/c31-20-14-21(32)16-24(15-20)42(39,40)23-4-6-27-26(17-23)29(36-35-27)34-30(38)25-5-3-19(18-37-9-1-2-10-37)13-28(25)33-22-7-11-41-12-8-22/h3-6,13-17,22,33H,1-2,7-12,18H2,(H2,34,35,36,38). The Morgan fingerprint density at radius 2 is 1.71 bits per heavy atom. The zero-order chi connectivity index (χ0) is 29.3. The first kappa shape index (κ1) is 28.3. The highest BCUT2D eigenvalue weighted by atomic mass is 32.2. The minimum atomic E-state index is -4.25. The fourth-order valence-electron chi connectivity index (χ4n) is 5.52. The number of carbonyl (C=O) groups is 1. The molecule has 42 heavy (non-hydrogen) atoms. The van der Waals surface area contributed by atoms with E-state index in [0.29, 0.717) is 41.4 Å². The van der Waals surface area contributed by atoms with Crippen LogP contribution in [-0.2, 0) is 21.1 Å². The number of rotatable bonds is 8. The van der Waals surface area contributed by atoms with Gasteiger partial charge >= 0.3 is 0 Å². The highest BCUT2D eigenvalue weighted by molar-refractivity contribution is 7.91. The number of aromatic amines is 1. The summed E-state index contributed by atoms with van der Waals surface area (Å²) in [6.45, 7) is 4.23. The number of fused-ring (bicyclic) bond motifs is 1. The van der Waals surface area contributed by atoms with Crippen LogP contribution in [0.4, 0.5) is 20.3 Å². The molecule has 3 heterocycles. The number of nitrogens with zero attached hydrogens (tertiary/aromatic N) is 2. The zero-order valence-electron chi connectivity index (χ0n) is 22.8. The van der Waals surface area contributed by atoms with Crippen LogP contribution in [0.15, 0.2) is 64.4 Å².